The van der Waals surface area contributed by atoms with E-state index in [-0.39, 0.29) is 0 Å². The van der Waals surface area contributed by atoms with Crippen molar-refractivity contribution >= 4 is 13.8 Å². The third-order valence-electron chi connectivity index (χ3n) is 3.43. The van der Waals surface area contributed by atoms with Crippen LogP contribution < -0.4 is 11.1 Å². The average Bonchev–Trinajstić information content (AvgIpc) is 2.70. The summed E-state index contributed by atoms with van der Waals surface area (Å²) in [6.45, 7) is 0.995. The van der Waals surface area contributed by atoms with Crippen molar-refractivity contribution in [2.24, 2.45) is 5.73 Å². The van der Waals surface area contributed by atoms with E-state index in [1.54, 1.807) is 0 Å². The van der Waals surface area contributed by atoms with Crippen molar-refractivity contribution in [1.29, 1.82) is 0 Å². The van der Waals surface area contributed by atoms with Gasteiger partial charge < -0.3 is 16.2 Å². The van der Waals surface area contributed by atoms with Crippen LogP contribution in [0.3, 0.4) is 0 Å². The molecule has 0 aromatic carbocycles. The number of hydrogen-bond donors (Lipinski definition) is 3. The molecule has 1 aliphatic rings. The molecule has 1 fully saturated rings. The first-order valence-corrected chi connectivity index (χ1v) is 6.34. The lowest BCUT2D eigenvalue weighted by atomic mass is 9.85. The minimum Gasteiger partial charge on any atom is -0.480 e. The average molecular weight is 226 g/mol. The number of carbonyl (C=O) groups is 1. The number of unbranched alkanes of at least 4 members (excludes halogenated alkanes) is 1. The Balaban J connectivity index is 2.46. The van der Waals surface area contributed by atoms with Crippen molar-refractivity contribution in [2.75, 3.05) is 6.54 Å². The van der Waals surface area contributed by atoms with E-state index in [9.17, 15) is 9.90 Å². The largest absolute Gasteiger partial charge is 0.480 e. The Morgan fingerprint density at radius 3 is 2.81 bits per heavy atom. The van der Waals surface area contributed by atoms with Crippen molar-refractivity contribution in [1.82, 2.24) is 5.32 Å². The van der Waals surface area contributed by atoms with Gasteiger partial charge in [-0.1, -0.05) is 19.2 Å². The summed E-state index contributed by atoms with van der Waals surface area (Å²) in [5.74, 6) is -0.850. The summed E-state index contributed by atoms with van der Waals surface area (Å²) >= 11 is 0. The lowest BCUT2D eigenvalue weighted by molar-refractivity contribution is -0.144. The first-order valence-electron chi connectivity index (χ1n) is 6.34. The number of carboxylic acid groups (broad SMARTS) is 1. The molecule has 0 aromatic heterocycles. The van der Waals surface area contributed by atoms with Gasteiger partial charge in [-0.15, -0.1) is 0 Å². The minimum absolute atomic E-state index is 0.294. The third kappa shape index (κ3) is 3.79. The standard InChI is InChI=1S/C11H23BN2O2/c12-6-2-1-5-11(13,10(15)16)8-9-4-3-7-14-9/h9,14H,1-8,12-13H2,(H,15,16)/t9-,11-/m1/s1. The Labute approximate surface area is 98.4 Å². The Morgan fingerprint density at radius 1 is 1.56 bits per heavy atom. The van der Waals surface area contributed by atoms with Gasteiger partial charge in [0.25, 0.3) is 0 Å². The first-order chi connectivity index (χ1) is 7.58. The topological polar surface area (TPSA) is 75.3 Å². The van der Waals surface area contributed by atoms with Gasteiger partial charge in [0.15, 0.2) is 0 Å². The molecule has 0 radical (unpaired) electrons. The van der Waals surface area contributed by atoms with Gasteiger partial charge in [-0.2, -0.15) is 0 Å². The number of carboxylic acids is 1. The summed E-state index contributed by atoms with van der Waals surface area (Å²) in [4.78, 5) is 11.3. The molecule has 0 unspecified atom stereocenters. The summed E-state index contributed by atoms with van der Waals surface area (Å²) in [6.07, 6.45) is 6.41. The van der Waals surface area contributed by atoms with Gasteiger partial charge in [-0.3, -0.25) is 4.79 Å². The zero-order valence-corrected chi connectivity index (χ0v) is 10.2. The summed E-state index contributed by atoms with van der Waals surface area (Å²) in [5, 5.41) is 12.6. The molecular weight excluding hydrogens is 203 g/mol. The fraction of sp³-hybridized carbons (Fsp3) is 0.909. The fourth-order valence-electron chi connectivity index (χ4n) is 2.36. The molecule has 16 heavy (non-hydrogen) atoms. The van der Waals surface area contributed by atoms with Crippen LogP contribution in [-0.4, -0.2) is 37.0 Å². The van der Waals surface area contributed by atoms with Gasteiger partial charge in [0, 0.05) is 6.04 Å². The second kappa shape index (κ2) is 6.25. The van der Waals surface area contributed by atoms with Crippen molar-refractivity contribution < 1.29 is 9.90 Å². The lowest BCUT2D eigenvalue weighted by Gasteiger charge is -2.27. The highest BCUT2D eigenvalue weighted by Crippen LogP contribution is 2.22. The third-order valence-corrected chi connectivity index (χ3v) is 3.43. The van der Waals surface area contributed by atoms with Gasteiger partial charge >= 0.3 is 5.97 Å². The summed E-state index contributed by atoms with van der Waals surface area (Å²) < 4.78 is 0. The van der Waals surface area contributed by atoms with E-state index in [2.05, 4.69) is 13.2 Å². The van der Waals surface area contributed by atoms with E-state index in [0.717, 1.165) is 38.5 Å². The minimum atomic E-state index is -1.03. The van der Waals surface area contributed by atoms with Crippen LogP contribution in [0.25, 0.3) is 0 Å². The van der Waals surface area contributed by atoms with Gasteiger partial charge in [0.1, 0.15) is 13.4 Å². The molecule has 0 amide bonds. The highest BCUT2D eigenvalue weighted by molar-refractivity contribution is 6.08. The quantitative estimate of drug-likeness (QED) is 0.426. The van der Waals surface area contributed by atoms with Gasteiger partial charge in [0.2, 0.25) is 0 Å². The predicted octanol–water partition coefficient (Wildman–Crippen LogP) is 0.132. The van der Waals surface area contributed by atoms with Crippen molar-refractivity contribution in [3.63, 3.8) is 0 Å². The van der Waals surface area contributed by atoms with E-state index < -0.39 is 11.5 Å². The highest BCUT2D eigenvalue weighted by atomic mass is 16.4. The number of aliphatic carboxylic acids is 1. The van der Waals surface area contributed by atoms with Gasteiger partial charge in [0.05, 0.1) is 0 Å². The number of nitrogens with one attached hydrogen (secondary N) is 1. The lowest BCUT2D eigenvalue weighted by Crippen LogP contribution is -2.51. The van der Waals surface area contributed by atoms with Gasteiger partial charge in [-0.05, 0) is 32.2 Å². The molecule has 0 aromatic rings. The molecule has 0 saturated carbocycles. The Hall–Kier alpha value is -0.545. The van der Waals surface area contributed by atoms with Crippen LogP contribution in [0.4, 0.5) is 0 Å². The fourth-order valence-corrected chi connectivity index (χ4v) is 2.36. The number of nitrogens with two attached hydrogens (primary N) is 1. The normalized spacial score (nSPS) is 24.2. The van der Waals surface area contributed by atoms with Crippen LogP contribution >= 0.6 is 0 Å². The van der Waals surface area contributed by atoms with Crippen LogP contribution in [0.5, 0.6) is 0 Å². The van der Waals surface area contributed by atoms with Crippen LogP contribution in [0.15, 0.2) is 0 Å². The summed E-state index contributed by atoms with van der Waals surface area (Å²) in [5.41, 5.74) is 4.99. The molecule has 0 bridgehead atoms. The van der Waals surface area contributed by atoms with E-state index in [0.29, 0.717) is 18.9 Å². The van der Waals surface area contributed by atoms with Gasteiger partial charge in [-0.25, -0.2) is 0 Å². The first kappa shape index (κ1) is 13.5. The SMILES string of the molecule is BCCCC[C@@](N)(C[C@H]1CCCN1)C(=O)O. The molecular formula is C11H23BN2O2. The van der Waals surface area contributed by atoms with Crippen LogP contribution in [-0.2, 0) is 4.79 Å². The molecule has 0 aliphatic carbocycles. The summed E-state index contributed by atoms with van der Waals surface area (Å²) in [6, 6.07) is 0.294. The Morgan fingerprint density at radius 2 is 2.31 bits per heavy atom. The van der Waals surface area contributed by atoms with Crippen molar-refractivity contribution in [3.05, 3.63) is 0 Å². The van der Waals surface area contributed by atoms with E-state index in [1.807, 2.05) is 0 Å². The van der Waals surface area contributed by atoms with Crippen molar-refractivity contribution in [3.8, 4) is 0 Å². The molecule has 1 saturated heterocycles. The zero-order valence-electron chi connectivity index (χ0n) is 10.2. The Kier molecular flexibility index (Phi) is 5.28. The smallest absolute Gasteiger partial charge is 0.323 e. The van der Waals surface area contributed by atoms with Crippen LogP contribution in [0.1, 0.15) is 38.5 Å². The second-order valence-corrected chi connectivity index (χ2v) is 4.92. The maximum atomic E-state index is 11.3. The molecule has 2 atom stereocenters. The van der Waals surface area contributed by atoms with Crippen LogP contribution in [0, 0.1) is 0 Å². The second-order valence-electron chi connectivity index (χ2n) is 4.92. The highest BCUT2D eigenvalue weighted by Gasteiger charge is 2.36. The number of rotatable bonds is 7. The Bertz CT molecular complexity index is 232. The predicted molar refractivity (Wildman–Crippen MR) is 67.4 cm³/mol. The molecule has 1 rings (SSSR count). The van der Waals surface area contributed by atoms with Crippen LogP contribution in [0.2, 0.25) is 6.32 Å². The maximum absolute atomic E-state index is 11.3. The zero-order chi connectivity index (χ0) is 12.0. The van der Waals surface area contributed by atoms with E-state index >= 15 is 0 Å². The molecule has 1 aliphatic heterocycles. The molecule has 92 valence electrons. The molecule has 0 spiro atoms. The maximum Gasteiger partial charge on any atom is 0.323 e. The number of hydrogen-bond acceptors (Lipinski definition) is 3. The summed E-state index contributed by atoms with van der Waals surface area (Å²) in [7, 11) is 2.11. The molecule has 4 nitrogen and oxygen atoms in total. The molecule has 5 heteroatoms. The van der Waals surface area contributed by atoms with Crippen molar-refractivity contribution in [2.45, 2.75) is 56.4 Å². The monoisotopic (exact) mass is 226 g/mol. The molecule has 1 heterocycles. The molecule has 4 N–H and O–H groups in total. The van der Waals surface area contributed by atoms with E-state index in [1.165, 1.54) is 0 Å². The van der Waals surface area contributed by atoms with E-state index in [4.69, 9.17) is 5.73 Å².